The first-order chi connectivity index (χ1) is 8.69. The van der Waals surface area contributed by atoms with Gasteiger partial charge in [-0.1, -0.05) is 33.8 Å². The Morgan fingerprint density at radius 3 is 2.11 bits per heavy atom. The summed E-state index contributed by atoms with van der Waals surface area (Å²) in [5, 5.41) is 3.54. The molecule has 1 aromatic carbocycles. The molecule has 0 aliphatic heterocycles. The molecule has 0 atom stereocenters. The molecule has 0 saturated heterocycles. The first-order valence-corrected chi connectivity index (χ1v) is 7.22. The van der Waals surface area contributed by atoms with E-state index < -0.39 is 0 Å². The first-order valence-electron chi connectivity index (χ1n) is 7.22. The highest BCUT2D eigenvalue weighted by molar-refractivity contribution is 5.50. The Balaban J connectivity index is 2.69. The SMILES string of the molecule is Cc1cc(C)cc(N(C)CC(C)(C)CNC(C)C)c1. The third-order valence-corrected chi connectivity index (χ3v) is 3.30. The van der Waals surface area contributed by atoms with Crippen LogP contribution in [-0.2, 0) is 0 Å². The molecular formula is C17H30N2. The van der Waals surface area contributed by atoms with Gasteiger partial charge in [0.15, 0.2) is 0 Å². The molecule has 2 nitrogen and oxygen atoms in total. The van der Waals surface area contributed by atoms with E-state index in [-0.39, 0.29) is 5.41 Å². The van der Waals surface area contributed by atoms with Crippen LogP contribution in [0.2, 0.25) is 0 Å². The van der Waals surface area contributed by atoms with Crippen molar-refractivity contribution in [1.29, 1.82) is 0 Å². The largest absolute Gasteiger partial charge is 0.374 e. The Hall–Kier alpha value is -1.02. The van der Waals surface area contributed by atoms with Crippen LogP contribution in [0, 0.1) is 19.3 Å². The molecule has 108 valence electrons. The third-order valence-electron chi connectivity index (χ3n) is 3.30. The van der Waals surface area contributed by atoms with Gasteiger partial charge in [0.25, 0.3) is 0 Å². The maximum atomic E-state index is 3.54. The second-order valence-corrected chi connectivity index (χ2v) is 6.90. The van der Waals surface area contributed by atoms with Crippen LogP contribution < -0.4 is 10.2 Å². The number of hydrogen-bond acceptors (Lipinski definition) is 2. The van der Waals surface area contributed by atoms with Crippen molar-refractivity contribution in [3.05, 3.63) is 29.3 Å². The number of anilines is 1. The fraction of sp³-hybridized carbons (Fsp3) is 0.647. The fourth-order valence-corrected chi connectivity index (χ4v) is 2.44. The van der Waals surface area contributed by atoms with Crippen molar-refractivity contribution < 1.29 is 0 Å². The lowest BCUT2D eigenvalue weighted by Crippen LogP contribution is -2.41. The minimum Gasteiger partial charge on any atom is -0.374 e. The smallest absolute Gasteiger partial charge is 0.0369 e. The van der Waals surface area contributed by atoms with Crippen LogP contribution in [0.15, 0.2) is 18.2 Å². The standard InChI is InChI=1S/C17H30N2/c1-13(2)18-11-17(5,6)12-19(7)16-9-14(3)8-15(4)10-16/h8-10,13,18H,11-12H2,1-7H3. The molecule has 19 heavy (non-hydrogen) atoms. The van der Waals surface area contributed by atoms with Crippen LogP contribution in [0.25, 0.3) is 0 Å². The Morgan fingerprint density at radius 1 is 1.11 bits per heavy atom. The number of rotatable bonds is 6. The number of nitrogens with zero attached hydrogens (tertiary/aromatic N) is 1. The molecule has 1 aromatic rings. The lowest BCUT2D eigenvalue weighted by Gasteiger charge is -2.33. The van der Waals surface area contributed by atoms with Gasteiger partial charge in [0, 0.05) is 31.9 Å². The first kappa shape index (κ1) is 16.0. The van der Waals surface area contributed by atoms with E-state index in [0.717, 1.165) is 13.1 Å². The lowest BCUT2D eigenvalue weighted by molar-refractivity contribution is 0.333. The highest BCUT2D eigenvalue weighted by Gasteiger charge is 2.20. The summed E-state index contributed by atoms with van der Waals surface area (Å²) in [6, 6.07) is 7.30. The lowest BCUT2D eigenvalue weighted by atomic mass is 9.92. The van der Waals surface area contributed by atoms with E-state index in [1.54, 1.807) is 0 Å². The molecule has 0 fully saturated rings. The second-order valence-electron chi connectivity index (χ2n) is 6.90. The van der Waals surface area contributed by atoms with Gasteiger partial charge in [-0.25, -0.2) is 0 Å². The Labute approximate surface area is 119 Å². The normalized spacial score (nSPS) is 12.0. The van der Waals surface area contributed by atoms with Crippen LogP contribution in [0.1, 0.15) is 38.8 Å². The Morgan fingerprint density at radius 2 is 1.63 bits per heavy atom. The zero-order valence-electron chi connectivity index (χ0n) is 13.7. The number of aryl methyl sites for hydroxylation is 2. The average molecular weight is 262 g/mol. The van der Waals surface area contributed by atoms with Gasteiger partial charge in [-0.15, -0.1) is 0 Å². The van der Waals surface area contributed by atoms with E-state index >= 15 is 0 Å². The molecule has 0 amide bonds. The molecule has 0 aliphatic rings. The van der Waals surface area contributed by atoms with Crippen molar-refractivity contribution in [2.24, 2.45) is 5.41 Å². The van der Waals surface area contributed by atoms with Crippen molar-refractivity contribution in [3.8, 4) is 0 Å². The molecule has 0 aliphatic carbocycles. The summed E-state index contributed by atoms with van der Waals surface area (Å²) in [5.41, 5.74) is 4.24. The molecular weight excluding hydrogens is 232 g/mol. The van der Waals surface area contributed by atoms with E-state index in [4.69, 9.17) is 0 Å². The predicted octanol–water partition coefficient (Wildman–Crippen LogP) is 3.76. The molecule has 1 N–H and O–H groups in total. The maximum absolute atomic E-state index is 3.54. The molecule has 0 radical (unpaired) electrons. The van der Waals surface area contributed by atoms with Crippen LogP contribution >= 0.6 is 0 Å². The third kappa shape index (κ3) is 5.65. The highest BCUT2D eigenvalue weighted by Crippen LogP contribution is 2.22. The van der Waals surface area contributed by atoms with Crippen LogP contribution in [0.5, 0.6) is 0 Å². The van der Waals surface area contributed by atoms with Crippen LogP contribution in [0.4, 0.5) is 5.69 Å². The zero-order chi connectivity index (χ0) is 14.6. The van der Waals surface area contributed by atoms with Crippen molar-refractivity contribution >= 4 is 5.69 Å². The minimum absolute atomic E-state index is 0.261. The van der Waals surface area contributed by atoms with Crippen LogP contribution in [-0.4, -0.2) is 26.2 Å². The topological polar surface area (TPSA) is 15.3 Å². The zero-order valence-corrected chi connectivity index (χ0v) is 13.7. The average Bonchev–Trinajstić information content (AvgIpc) is 2.24. The van der Waals surface area contributed by atoms with Crippen molar-refractivity contribution in [2.45, 2.75) is 47.6 Å². The summed E-state index contributed by atoms with van der Waals surface area (Å²) in [5.74, 6) is 0. The summed E-state index contributed by atoms with van der Waals surface area (Å²) in [6.07, 6.45) is 0. The minimum atomic E-state index is 0.261. The Kier molecular flexibility index (Phi) is 5.42. The van der Waals surface area contributed by atoms with Gasteiger partial charge in [-0.05, 0) is 42.5 Å². The second kappa shape index (κ2) is 6.42. The highest BCUT2D eigenvalue weighted by atomic mass is 15.1. The Bertz CT molecular complexity index is 387. The monoisotopic (exact) mass is 262 g/mol. The van der Waals surface area contributed by atoms with Gasteiger partial charge in [0.1, 0.15) is 0 Å². The molecule has 0 saturated carbocycles. The molecule has 0 bridgehead atoms. The molecule has 0 spiro atoms. The van der Waals surface area contributed by atoms with Gasteiger partial charge in [-0.2, -0.15) is 0 Å². The van der Waals surface area contributed by atoms with Gasteiger partial charge >= 0.3 is 0 Å². The van der Waals surface area contributed by atoms with E-state index in [1.165, 1.54) is 16.8 Å². The summed E-state index contributed by atoms with van der Waals surface area (Å²) in [6.45, 7) is 15.5. The molecule has 0 heterocycles. The van der Waals surface area contributed by atoms with E-state index in [9.17, 15) is 0 Å². The number of nitrogens with one attached hydrogen (secondary N) is 1. The summed E-state index contributed by atoms with van der Waals surface area (Å²) < 4.78 is 0. The quantitative estimate of drug-likeness (QED) is 0.839. The molecule has 2 heteroatoms. The van der Waals surface area contributed by atoms with E-state index in [2.05, 4.69) is 77.0 Å². The number of hydrogen-bond donors (Lipinski definition) is 1. The summed E-state index contributed by atoms with van der Waals surface area (Å²) in [7, 11) is 2.19. The van der Waals surface area contributed by atoms with Gasteiger partial charge in [-0.3, -0.25) is 0 Å². The number of benzene rings is 1. The van der Waals surface area contributed by atoms with E-state index in [1.807, 2.05) is 0 Å². The van der Waals surface area contributed by atoms with Crippen molar-refractivity contribution in [2.75, 3.05) is 25.0 Å². The summed E-state index contributed by atoms with van der Waals surface area (Å²) in [4.78, 5) is 2.36. The molecule has 1 rings (SSSR count). The van der Waals surface area contributed by atoms with Crippen molar-refractivity contribution in [1.82, 2.24) is 5.32 Å². The van der Waals surface area contributed by atoms with E-state index in [0.29, 0.717) is 6.04 Å². The maximum Gasteiger partial charge on any atom is 0.0369 e. The van der Waals surface area contributed by atoms with Gasteiger partial charge < -0.3 is 10.2 Å². The molecule has 0 aromatic heterocycles. The summed E-state index contributed by atoms with van der Waals surface area (Å²) >= 11 is 0. The van der Waals surface area contributed by atoms with Crippen molar-refractivity contribution in [3.63, 3.8) is 0 Å². The molecule has 0 unspecified atom stereocenters. The fourth-order valence-electron chi connectivity index (χ4n) is 2.44. The van der Waals surface area contributed by atoms with Crippen LogP contribution in [0.3, 0.4) is 0 Å². The van der Waals surface area contributed by atoms with Gasteiger partial charge in [0.2, 0.25) is 0 Å². The van der Waals surface area contributed by atoms with Gasteiger partial charge in [0.05, 0.1) is 0 Å². The predicted molar refractivity (Wildman–Crippen MR) is 86.1 cm³/mol.